The van der Waals surface area contributed by atoms with Crippen LogP contribution in [0, 0.1) is 9.39 Å². The minimum atomic E-state index is -4.78. The minimum absolute atomic E-state index is 0.153. The highest BCUT2D eigenvalue weighted by Crippen LogP contribution is 2.35. The Kier molecular flexibility index (Phi) is 4.59. The second-order valence-electron chi connectivity index (χ2n) is 4.25. The van der Waals surface area contributed by atoms with E-state index in [-0.39, 0.29) is 9.13 Å². The van der Waals surface area contributed by atoms with Gasteiger partial charge in [0.15, 0.2) is 0 Å². The normalized spacial score (nSPS) is 12.4. The maximum absolute atomic E-state index is 14.3. The molecule has 0 aliphatic heterocycles. The summed E-state index contributed by atoms with van der Waals surface area (Å²) >= 11 is 1.67. The van der Waals surface area contributed by atoms with E-state index in [0.717, 1.165) is 18.2 Å². The second kappa shape index (κ2) is 5.85. The van der Waals surface area contributed by atoms with Gasteiger partial charge in [-0.3, -0.25) is 4.55 Å². The third kappa shape index (κ3) is 3.30. The molecule has 2 aromatic rings. The summed E-state index contributed by atoms with van der Waals surface area (Å²) in [6.07, 6.45) is 0. The molecule has 0 saturated carbocycles. The van der Waals surface area contributed by atoms with E-state index in [0.29, 0.717) is 0 Å². The van der Waals surface area contributed by atoms with Crippen LogP contribution in [0.15, 0.2) is 46.2 Å². The van der Waals surface area contributed by atoms with Crippen LogP contribution in [0.4, 0.5) is 4.39 Å². The molecular weight excluding hydrogens is 448 g/mol. The molecule has 0 aliphatic carbocycles. The van der Waals surface area contributed by atoms with Gasteiger partial charge >= 0.3 is 0 Å². The van der Waals surface area contributed by atoms with Gasteiger partial charge in [0, 0.05) is 14.7 Å². The summed E-state index contributed by atoms with van der Waals surface area (Å²) in [6, 6.07) is 7.16. The number of halogens is 2. The summed E-state index contributed by atoms with van der Waals surface area (Å²) in [5.41, 5.74) is -0.785. The fourth-order valence-corrected chi connectivity index (χ4v) is 3.99. The Hall–Kier alpha value is -1.08. The summed E-state index contributed by atoms with van der Waals surface area (Å²) in [6.45, 7) is 0. The summed E-state index contributed by atoms with van der Waals surface area (Å²) in [5, 5.41) is 5.07. The van der Waals surface area contributed by atoms with Gasteiger partial charge in [0.25, 0.3) is 10.1 Å². The standard InChI is InChI=1S/C12H9FINO5S2/c13-12-7(3-1-4-8(12)14)11-9(21(15,16)17)5-2-6-10(11)22(18,19)20/h1-6H,(H2,15,16,17)(H,18,19,20). The maximum atomic E-state index is 14.3. The van der Waals surface area contributed by atoms with Crippen molar-refractivity contribution in [2.45, 2.75) is 9.79 Å². The molecule has 2 aromatic carbocycles. The molecule has 0 unspecified atom stereocenters. The van der Waals surface area contributed by atoms with Crippen molar-refractivity contribution in [1.82, 2.24) is 0 Å². The van der Waals surface area contributed by atoms with E-state index in [1.54, 1.807) is 22.6 Å². The van der Waals surface area contributed by atoms with Gasteiger partial charge in [-0.2, -0.15) is 8.42 Å². The minimum Gasteiger partial charge on any atom is -0.282 e. The molecule has 2 rings (SSSR count). The molecule has 0 aromatic heterocycles. The number of hydrogen-bond acceptors (Lipinski definition) is 4. The van der Waals surface area contributed by atoms with Crippen molar-refractivity contribution in [2.75, 3.05) is 0 Å². The van der Waals surface area contributed by atoms with Crippen LogP contribution in [0.25, 0.3) is 11.1 Å². The molecule has 0 bridgehead atoms. The molecule has 6 nitrogen and oxygen atoms in total. The lowest BCUT2D eigenvalue weighted by molar-refractivity contribution is 0.483. The summed E-state index contributed by atoms with van der Waals surface area (Å²) in [7, 11) is -9.12. The molecule has 0 atom stereocenters. The number of nitrogens with two attached hydrogens (primary N) is 1. The molecule has 0 spiro atoms. The van der Waals surface area contributed by atoms with Crippen molar-refractivity contribution in [3.05, 3.63) is 45.8 Å². The molecule has 22 heavy (non-hydrogen) atoms. The van der Waals surface area contributed by atoms with Crippen molar-refractivity contribution in [1.29, 1.82) is 0 Å². The smallest absolute Gasteiger partial charge is 0.282 e. The predicted molar refractivity (Wildman–Crippen MR) is 85.7 cm³/mol. The average molecular weight is 457 g/mol. The molecule has 0 heterocycles. The van der Waals surface area contributed by atoms with Gasteiger partial charge in [-0.05, 0) is 40.8 Å². The lowest BCUT2D eigenvalue weighted by Gasteiger charge is -2.13. The Morgan fingerprint density at radius 2 is 1.55 bits per heavy atom. The van der Waals surface area contributed by atoms with E-state index in [1.165, 1.54) is 18.2 Å². The quantitative estimate of drug-likeness (QED) is 0.541. The molecule has 0 amide bonds. The fraction of sp³-hybridized carbons (Fsp3) is 0. The zero-order valence-electron chi connectivity index (χ0n) is 10.7. The van der Waals surface area contributed by atoms with Gasteiger partial charge in [0.1, 0.15) is 10.7 Å². The Morgan fingerprint density at radius 3 is 2.09 bits per heavy atom. The van der Waals surface area contributed by atoms with Crippen LogP contribution in [0.2, 0.25) is 0 Å². The Labute approximate surface area is 140 Å². The van der Waals surface area contributed by atoms with Gasteiger partial charge < -0.3 is 0 Å². The molecular formula is C12H9FINO5S2. The number of primary sulfonamides is 1. The van der Waals surface area contributed by atoms with E-state index in [1.807, 2.05) is 0 Å². The predicted octanol–water partition coefficient (Wildman–Crippen LogP) is 1.99. The molecule has 0 radical (unpaired) electrons. The van der Waals surface area contributed by atoms with Crippen LogP contribution < -0.4 is 5.14 Å². The van der Waals surface area contributed by atoms with E-state index in [4.69, 9.17) is 5.14 Å². The first-order chi connectivity index (χ1) is 10.0. The van der Waals surface area contributed by atoms with Gasteiger partial charge in [0.05, 0.1) is 4.90 Å². The highest BCUT2D eigenvalue weighted by molar-refractivity contribution is 14.1. The Morgan fingerprint density at radius 1 is 1.00 bits per heavy atom. The molecule has 10 heteroatoms. The number of benzene rings is 2. The lowest BCUT2D eigenvalue weighted by Crippen LogP contribution is -2.15. The fourth-order valence-electron chi connectivity index (χ4n) is 1.93. The van der Waals surface area contributed by atoms with Crippen molar-refractivity contribution in [2.24, 2.45) is 5.14 Å². The van der Waals surface area contributed by atoms with Crippen LogP contribution in [-0.4, -0.2) is 21.4 Å². The molecule has 0 saturated heterocycles. The molecule has 0 aliphatic rings. The topological polar surface area (TPSA) is 115 Å². The summed E-state index contributed by atoms with van der Waals surface area (Å²) < 4.78 is 70.1. The summed E-state index contributed by atoms with van der Waals surface area (Å²) in [5.74, 6) is -0.816. The third-order valence-corrected chi connectivity index (χ3v) is 5.48. The lowest BCUT2D eigenvalue weighted by atomic mass is 10.1. The number of sulfonamides is 1. The van der Waals surface area contributed by atoms with E-state index in [9.17, 15) is 25.8 Å². The van der Waals surface area contributed by atoms with Gasteiger partial charge in [-0.25, -0.2) is 17.9 Å². The highest BCUT2D eigenvalue weighted by atomic mass is 127. The van der Waals surface area contributed by atoms with E-state index >= 15 is 0 Å². The van der Waals surface area contributed by atoms with Crippen LogP contribution in [0.3, 0.4) is 0 Å². The van der Waals surface area contributed by atoms with Crippen LogP contribution in [-0.2, 0) is 20.1 Å². The van der Waals surface area contributed by atoms with Crippen molar-refractivity contribution in [3.63, 3.8) is 0 Å². The van der Waals surface area contributed by atoms with Crippen molar-refractivity contribution < 1.29 is 25.8 Å². The average Bonchev–Trinajstić information content (AvgIpc) is 2.39. The zero-order chi connectivity index (χ0) is 16.7. The monoisotopic (exact) mass is 457 g/mol. The van der Waals surface area contributed by atoms with Crippen LogP contribution >= 0.6 is 22.6 Å². The zero-order valence-corrected chi connectivity index (χ0v) is 14.5. The first-order valence-corrected chi connectivity index (χ1v) is 9.67. The van der Waals surface area contributed by atoms with Crippen LogP contribution in [0.1, 0.15) is 0 Å². The van der Waals surface area contributed by atoms with Gasteiger partial charge in [-0.15, -0.1) is 0 Å². The van der Waals surface area contributed by atoms with Gasteiger partial charge in [-0.1, -0.05) is 18.2 Å². The first-order valence-electron chi connectivity index (χ1n) is 5.61. The van der Waals surface area contributed by atoms with E-state index < -0.39 is 41.3 Å². The molecule has 3 N–H and O–H groups in total. The third-order valence-electron chi connectivity index (χ3n) is 2.79. The van der Waals surface area contributed by atoms with Crippen molar-refractivity contribution in [3.8, 4) is 11.1 Å². The number of hydrogen-bond donors (Lipinski definition) is 2. The van der Waals surface area contributed by atoms with Crippen molar-refractivity contribution >= 4 is 42.7 Å². The van der Waals surface area contributed by atoms with Gasteiger partial charge in [0.2, 0.25) is 10.0 Å². The Balaban J connectivity index is 3.04. The Bertz CT molecular complexity index is 907. The largest absolute Gasteiger partial charge is 0.295 e. The maximum Gasteiger partial charge on any atom is 0.295 e. The molecule has 0 fully saturated rings. The molecule has 118 valence electrons. The SMILES string of the molecule is NS(=O)(=O)c1cccc(S(=O)(=O)O)c1-c1cccc(I)c1F. The van der Waals surface area contributed by atoms with Crippen LogP contribution in [0.5, 0.6) is 0 Å². The first kappa shape index (κ1) is 17.3. The second-order valence-corrected chi connectivity index (χ2v) is 8.33. The highest BCUT2D eigenvalue weighted by Gasteiger charge is 2.26. The number of rotatable bonds is 3. The van der Waals surface area contributed by atoms with E-state index in [2.05, 4.69) is 0 Å². The summed E-state index contributed by atoms with van der Waals surface area (Å²) in [4.78, 5) is -1.33.